The summed E-state index contributed by atoms with van der Waals surface area (Å²) >= 11 is 0. The second-order valence-corrected chi connectivity index (χ2v) is 7.89. The Hall–Kier alpha value is -3.02. The molecule has 2 aromatic carbocycles. The number of hydrogen-bond acceptors (Lipinski definition) is 4. The van der Waals surface area contributed by atoms with E-state index in [0.717, 1.165) is 24.4 Å². The molecule has 1 N–H and O–H groups in total. The van der Waals surface area contributed by atoms with Crippen LogP contribution in [0.2, 0.25) is 0 Å². The highest BCUT2D eigenvalue weighted by molar-refractivity contribution is 6.37. The standard InChI is InChI=1S/C23H26BN3O2/c1-16-20(15-21(25-16)17-6-3-2-4-7-17)22(28)23(29)27-12-10-26(11-13-27)19-9-5-8-18(24)14-19/h2-9,14-16,20,25H,10-13,24H2,1H3. The van der Waals surface area contributed by atoms with Crippen LogP contribution >= 0.6 is 0 Å². The second kappa shape index (κ2) is 8.15. The van der Waals surface area contributed by atoms with Crippen LogP contribution < -0.4 is 15.7 Å². The van der Waals surface area contributed by atoms with Crippen LogP contribution in [-0.4, -0.2) is 56.7 Å². The summed E-state index contributed by atoms with van der Waals surface area (Å²) in [6.07, 6.45) is 1.91. The number of carbonyl (C=O) groups excluding carboxylic acids is 2. The summed E-state index contributed by atoms with van der Waals surface area (Å²) in [5.74, 6) is -1.11. The van der Waals surface area contributed by atoms with Gasteiger partial charge in [0.05, 0.1) is 5.92 Å². The summed E-state index contributed by atoms with van der Waals surface area (Å²) < 4.78 is 0. The van der Waals surface area contributed by atoms with Crippen LogP contribution in [0.3, 0.4) is 0 Å². The lowest BCUT2D eigenvalue weighted by molar-refractivity contribution is -0.146. The average Bonchev–Trinajstić information content (AvgIpc) is 3.15. The molecule has 29 heavy (non-hydrogen) atoms. The number of Topliss-reactive ketones (excluding diaryl/α,β-unsaturated/α-hetero) is 1. The van der Waals surface area contributed by atoms with Crippen molar-refractivity contribution in [2.45, 2.75) is 13.0 Å². The molecular weight excluding hydrogens is 361 g/mol. The van der Waals surface area contributed by atoms with E-state index in [0.29, 0.717) is 13.1 Å². The molecule has 2 heterocycles. The van der Waals surface area contributed by atoms with Gasteiger partial charge in [-0.3, -0.25) is 9.59 Å². The molecule has 5 nitrogen and oxygen atoms in total. The monoisotopic (exact) mass is 387 g/mol. The largest absolute Gasteiger partial charge is 0.381 e. The third kappa shape index (κ3) is 4.06. The van der Waals surface area contributed by atoms with E-state index in [1.165, 1.54) is 11.2 Å². The molecule has 2 atom stereocenters. The molecule has 6 heteroatoms. The molecule has 2 aromatic rings. The first kappa shape index (κ1) is 19.3. The van der Waals surface area contributed by atoms with Crippen molar-refractivity contribution in [2.24, 2.45) is 5.92 Å². The predicted molar refractivity (Wildman–Crippen MR) is 119 cm³/mol. The van der Waals surface area contributed by atoms with Crippen molar-refractivity contribution in [2.75, 3.05) is 31.1 Å². The van der Waals surface area contributed by atoms with Gasteiger partial charge < -0.3 is 15.1 Å². The van der Waals surface area contributed by atoms with Gasteiger partial charge in [0.2, 0.25) is 5.78 Å². The Morgan fingerprint density at radius 3 is 2.41 bits per heavy atom. The third-order valence-corrected chi connectivity index (χ3v) is 5.80. The first-order valence-corrected chi connectivity index (χ1v) is 10.2. The fourth-order valence-electron chi connectivity index (χ4n) is 4.10. The van der Waals surface area contributed by atoms with E-state index in [2.05, 4.69) is 42.3 Å². The molecule has 4 rings (SSSR count). The van der Waals surface area contributed by atoms with Crippen molar-refractivity contribution in [3.05, 3.63) is 66.2 Å². The van der Waals surface area contributed by atoms with Crippen LogP contribution in [0.25, 0.3) is 5.70 Å². The number of benzene rings is 2. The highest BCUT2D eigenvalue weighted by atomic mass is 16.2. The summed E-state index contributed by atoms with van der Waals surface area (Å²) in [5.41, 5.74) is 4.36. The van der Waals surface area contributed by atoms with Crippen molar-refractivity contribution in [3.63, 3.8) is 0 Å². The Balaban J connectivity index is 1.40. The van der Waals surface area contributed by atoms with Crippen LogP contribution in [0.5, 0.6) is 0 Å². The maximum Gasteiger partial charge on any atom is 0.290 e. The van der Waals surface area contributed by atoms with E-state index in [1.807, 2.05) is 43.3 Å². The highest BCUT2D eigenvalue weighted by Gasteiger charge is 2.36. The zero-order chi connectivity index (χ0) is 20.4. The van der Waals surface area contributed by atoms with Crippen LogP contribution in [0.1, 0.15) is 12.5 Å². The van der Waals surface area contributed by atoms with Crippen LogP contribution in [-0.2, 0) is 9.59 Å². The van der Waals surface area contributed by atoms with Crippen molar-refractivity contribution >= 4 is 36.4 Å². The number of amides is 1. The molecule has 0 radical (unpaired) electrons. The Morgan fingerprint density at radius 2 is 1.72 bits per heavy atom. The number of nitrogens with one attached hydrogen (secondary N) is 1. The summed E-state index contributed by atoms with van der Waals surface area (Å²) in [5, 5.41) is 3.35. The van der Waals surface area contributed by atoms with Gasteiger partial charge in [-0.2, -0.15) is 0 Å². The van der Waals surface area contributed by atoms with Gasteiger partial charge in [-0.25, -0.2) is 0 Å². The number of nitrogens with zero attached hydrogens (tertiary/aromatic N) is 2. The minimum atomic E-state index is -0.424. The van der Waals surface area contributed by atoms with Gasteiger partial charge in [0, 0.05) is 43.6 Å². The van der Waals surface area contributed by atoms with Gasteiger partial charge in [0.25, 0.3) is 5.91 Å². The Bertz CT molecular complexity index is 936. The van der Waals surface area contributed by atoms with Gasteiger partial charge in [-0.05, 0) is 30.7 Å². The quantitative estimate of drug-likeness (QED) is 0.624. The van der Waals surface area contributed by atoms with Gasteiger partial charge in [-0.15, -0.1) is 0 Å². The lowest BCUT2D eigenvalue weighted by Gasteiger charge is -2.36. The number of carbonyl (C=O) groups is 2. The van der Waals surface area contributed by atoms with E-state index in [1.54, 1.807) is 4.90 Å². The number of anilines is 1. The average molecular weight is 387 g/mol. The molecule has 0 saturated carbocycles. The van der Waals surface area contributed by atoms with Crippen molar-refractivity contribution < 1.29 is 9.59 Å². The summed E-state index contributed by atoms with van der Waals surface area (Å²) in [6.45, 7) is 4.58. The maximum atomic E-state index is 12.9. The van der Waals surface area contributed by atoms with E-state index < -0.39 is 5.92 Å². The summed E-state index contributed by atoms with van der Waals surface area (Å²) in [7, 11) is 2.08. The zero-order valence-electron chi connectivity index (χ0n) is 17.0. The fraction of sp³-hybridized carbons (Fsp3) is 0.304. The normalized spacial score (nSPS) is 21.5. The topological polar surface area (TPSA) is 52.7 Å². The molecule has 2 aliphatic rings. The fourth-order valence-corrected chi connectivity index (χ4v) is 4.10. The lowest BCUT2D eigenvalue weighted by Crippen LogP contribution is -2.52. The molecule has 0 aromatic heterocycles. The molecule has 1 amide bonds. The number of hydrogen-bond donors (Lipinski definition) is 1. The Labute approximate surface area is 172 Å². The van der Waals surface area contributed by atoms with Gasteiger partial charge >= 0.3 is 0 Å². The Kier molecular flexibility index (Phi) is 5.43. The zero-order valence-corrected chi connectivity index (χ0v) is 17.0. The predicted octanol–water partition coefficient (Wildman–Crippen LogP) is 0.812. The molecule has 2 unspecified atom stereocenters. The molecule has 2 aliphatic heterocycles. The van der Waals surface area contributed by atoms with Crippen LogP contribution in [0.15, 0.2) is 60.7 Å². The molecular formula is C23H26BN3O2. The van der Waals surface area contributed by atoms with Crippen LogP contribution in [0, 0.1) is 5.92 Å². The minimum absolute atomic E-state index is 0.0877. The van der Waals surface area contributed by atoms with E-state index in [9.17, 15) is 9.59 Å². The number of piperazine rings is 1. The smallest absolute Gasteiger partial charge is 0.290 e. The van der Waals surface area contributed by atoms with Crippen molar-refractivity contribution in [1.29, 1.82) is 0 Å². The van der Waals surface area contributed by atoms with Crippen molar-refractivity contribution in [1.82, 2.24) is 10.2 Å². The summed E-state index contributed by atoms with van der Waals surface area (Å²) in [6, 6.07) is 18.2. The first-order valence-electron chi connectivity index (χ1n) is 10.2. The molecule has 1 fully saturated rings. The van der Waals surface area contributed by atoms with E-state index >= 15 is 0 Å². The maximum absolute atomic E-state index is 12.9. The van der Waals surface area contributed by atoms with E-state index in [-0.39, 0.29) is 17.7 Å². The number of ketones is 1. The second-order valence-electron chi connectivity index (χ2n) is 7.89. The molecule has 1 saturated heterocycles. The van der Waals surface area contributed by atoms with E-state index in [4.69, 9.17) is 0 Å². The minimum Gasteiger partial charge on any atom is -0.381 e. The Morgan fingerprint density at radius 1 is 1.00 bits per heavy atom. The SMILES string of the molecule is Bc1cccc(N2CCN(C(=O)C(=O)C3C=C(c4ccccc4)NC3C)CC2)c1. The van der Waals surface area contributed by atoms with Crippen molar-refractivity contribution in [3.8, 4) is 0 Å². The van der Waals surface area contributed by atoms with Gasteiger partial charge in [0.1, 0.15) is 7.85 Å². The third-order valence-electron chi connectivity index (χ3n) is 5.80. The number of rotatable bonds is 4. The molecule has 148 valence electrons. The molecule has 0 bridgehead atoms. The van der Waals surface area contributed by atoms with Crippen LogP contribution in [0.4, 0.5) is 5.69 Å². The molecule has 0 aliphatic carbocycles. The highest BCUT2D eigenvalue weighted by Crippen LogP contribution is 2.25. The molecule has 0 spiro atoms. The summed E-state index contributed by atoms with van der Waals surface area (Å²) in [4.78, 5) is 29.8. The lowest BCUT2D eigenvalue weighted by atomic mass is 9.95. The first-order chi connectivity index (χ1) is 14.0. The van der Waals surface area contributed by atoms with Gasteiger partial charge in [0.15, 0.2) is 0 Å². The van der Waals surface area contributed by atoms with Gasteiger partial charge in [-0.1, -0.05) is 47.9 Å².